The summed E-state index contributed by atoms with van der Waals surface area (Å²) in [4.78, 5) is 11.0. The Bertz CT molecular complexity index is 650. The van der Waals surface area contributed by atoms with Gasteiger partial charge in [-0.3, -0.25) is 4.68 Å². The zero-order valence-corrected chi connectivity index (χ0v) is 10.2. The molecular weight excluding hydrogens is 277 g/mol. The lowest BCUT2D eigenvalue weighted by atomic mass is 10.1. The fourth-order valence-corrected chi connectivity index (χ4v) is 1.54. The molecule has 0 unspecified atom stereocenters. The second-order valence-corrected chi connectivity index (χ2v) is 3.97. The Morgan fingerprint density at radius 1 is 1.40 bits per heavy atom. The summed E-state index contributed by atoms with van der Waals surface area (Å²) in [6.07, 6.45) is -1.83. The molecule has 0 radical (unpaired) electrons. The number of alkyl halides is 3. The van der Waals surface area contributed by atoms with Crippen LogP contribution < -0.4 is 4.74 Å². The maximum Gasteiger partial charge on any atom is 0.416 e. The lowest BCUT2D eigenvalue weighted by molar-refractivity contribution is -0.137. The molecule has 0 bridgehead atoms. The Morgan fingerprint density at radius 2 is 2.10 bits per heavy atom. The van der Waals surface area contributed by atoms with Crippen LogP contribution in [0.5, 0.6) is 11.5 Å². The van der Waals surface area contributed by atoms with E-state index in [1.165, 1.54) is 17.1 Å². The van der Waals surface area contributed by atoms with E-state index >= 15 is 0 Å². The van der Waals surface area contributed by atoms with E-state index in [0.29, 0.717) is 6.07 Å². The molecular formula is C12H9F3N2O3. The van der Waals surface area contributed by atoms with Crippen molar-refractivity contribution >= 4 is 5.97 Å². The van der Waals surface area contributed by atoms with Crippen LogP contribution in [0.25, 0.3) is 0 Å². The normalized spacial score (nSPS) is 11.4. The molecule has 0 amide bonds. The van der Waals surface area contributed by atoms with Crippen LogP contribution in [0, 0.1) is 0 Å². The minimum absolute atomic E-state index is 0.182. The molecule has 2 aromatic rings. The second kappa shape index (κ2) is 4.87. The number of halogens is 3. The van der Waals surface area contributed by atoms with Gasteiger partial charge in [-0.25, -0.2) is 4.79 Å². The van der Waals surface area contributed by atoms with Gasteiger partial charge in [-0.05, 0) is 18.2 Å². The predicted molar refractivity (Wildman–Crippen MR) is 61.7 cm³/mol. The number of carboxylic acid groups (broad SMARTS) is 1. The molecule has 0 aliphatic carbocycles. The van der Waals surface area contributed by atoms with Crippen LogP contribution in [-0.2, 0) is 13.2 Å². The highest BCUT2D eigenvalue weighted by atomic mass is 19.4. The summed E-state index contributed by atoms with van der Waals surface area (Å²) >= 11 is 0. The first-order valence-corrected chi connectivity index (χ1v) is 5.38. The minimum atomic E-state index is -4.61. The summed E-state index contributed by atoms with van der Waals surface area (Å²) < 4.78 is 44.3. The number of carbonyl (C=O) groups is 1. The van der Waals surface area contributed by atoms with Crippen LogP contribution in [0.2, 0.25) is 0 Å². The highest BCUT2D eigenvalue weighted by Crippen LogP contribution is 2.34. The number of aromatic carboxylic acids is 1. The zero-order chi connectivity index (χ0) is 14.9. The van der Waals surface area contributed by atoms with Crippen molar-refractivity contribution in [1.82, 2.24) is 9.78 Å². The fraction of sp³-hybridized carbons (Fsp3) is 0.167. The molecule has 2 rings (SSSR count). The molecule has 1 heterocycles. The predicted octanol–water partition coefficient (Wildman–Crippen LogP) is 2.93. The van der Waals surface area contributed by atoms with E-state index in [-0.39, 0.29) is 11.5 Å². The van der Waals surface area contributed by atoms with Crippen molar-refractivity contribution in [3.05, 3.63) is 41.7 Å². The average molecular weight is 286 g/mol. The monoisotopic (exact) mass is 286 g/mol. The van der Waals surface area contributed by atoms with Gasteiger partial charge in [0.2, 0.25) is 0 Å². The van der Waals surface area contributed by atoms with Gasteiger partial charge in [0.05, 0.1) is 18.0 Å². The van der Waals surface area contributed by atoms with E-state index in [0.717, 1.165) is 12.1 Å². The van der Waals surface area contributed by atoms with Crippen molar-refractivity contribution in [2.75, 3.05) is 0 Å². The average Bonchev–Trinajstić information content (AvgIpc) is 2.73. The third kappa shape index (κ3) is 2.90. The molecule has 0 aliphatic rings. The molecule has 1 N–H and O–H groups in total. The molecule has 106 valence electrons. The van der Waals surface area contributed by atoms with Crippen molar-refractivity contribution in [3.63, 3.8) is 0 Å². The van der Waals surface area contributed by atoms with Gasteiger partial charge >= 0.3 is 12.1 Å². The second-order valence-electron chi connectivity index (χ2n) is 3.97. The molecule has 8 heteroatoms. The van der Waals surface area contributed by atoms with E-state index in [9.17, 15) is 18.0 Å². The molecule has 1 aromatic heterocycles. The summed E-state index contributed by atoms with van der Waals surface area (Å²) in [7, 11) is 1.62. The topological polar surface area (TPSA) is 64.3 Å². The lowest BCUT2D eigenvalue weighted by Gasteiger charge is -2.11. The number of hydrogen-bond acceptors (Lipinski definition) is 3. The Labute approximate surface area is 111 Å². The van der Waals surface area contributed by atoms with E-state index in [1.54, 1.807) is 7.05 Å². The van der Waals surface area contributed by atoms with Gasteiger partial charge in [0, 0.05) is 7.05 Å². The van der Waals surface area contributed by atoms with E-state index in [1.807, 2.05) is 0 Å². The summed E-state index contributed by atoms with van der Waals surface area (Å²) in [5, 5.41) is 12.8. The van der Waals surface area contributed by atoms with Crippen LogP contribution in [0.15, 0.2) is 30.6 Å². The van der Waals surface area contributed by atoms with Gasteiger partial charge in [0.1, 0.15) is 11.3 Å². The minimum Gasteiger partial charge on any atom is -0.478 e. The van der Waals surface area contributed by atoms with E-state index in [4.69, 9.17) is 9.84 Å². The first-order valence-electron chi connectivity index (χ1n) is 5.38. The van der Waals surface area contributed by atoms with Gasteiger partial charge in [-0.1, -0.05) is 0 Å². The maximum absolute atomic E-state index is 12.5. The number of hydrogen-bond donors (Lipinski definition) is 1. The van der Waals surface area contributed by atoms with Gasteiger partial charge in [0.25, 0.3) is 0 Å². The molecule has 0 spiro atoms. The van der Waals surface area contributed by atoms with Crippen molar-refractivity contribution in [2.45, 2.75) is 6.18 Å². The molecule has 0 atom stereocenters. The molecule has 0 saturated heterocycles. The number of rotatable bonds is 3. The maximum atomic E-state index is 12.5. The van der Waals surface area contributed by atoms with E-state index < -0.39 is 23.3 Å². The van der Waals surface area contributed by atoms with Crippen LogP contribution in [0.4, 0.5) is 13.2 Å². The van der Waals surface area contributed by atoms with Crippen molar-refractivity contribution < 1.29 is 27.8 Å². The first kappa shape index (κ1) is 13.9. The summed E-state index contributed by atoms with van der Waals surface area (Å²) in [5.41, 5.74) is -1.61. The third-order valence-corrected chi connectivity index (χ3v) is 2.45. The van der Waals surface area contributed by atoms with Crippen LogP contribution >= 0.6 is 0 Å². The lowest BCUT2D eigenvalue weighted by Crippen LogP contribution is -2.08. The highest BCUT2D eigenvalue weighted by Gasteiger charge is 2.32. The number of aromatic nitrogens is 2. The third-order valence-electron chi connectivity index (χ3n) is 2.45. The summed E-state index contributed by atoms with van der Waals surface area (Å²) in [5.74, 6) is -1.46. The van der Waals surface area contributed by atoms with Crippen LogP contribution in [0.1, 0.15) is 15.9 Å². The summed E-state index contributed by atoms with van der Waals surface area (Å²) in [6, 6.07) is 2.27. The van der Waals surface area contributed by atoms with Gasteiger partial charge < -0.3 is 9.84 Å². The molecule has 1 aromatic carbocycles. The smallest absolute Gasteiger partial charge is 0.416 e. The van der Waals surface area contributed by atoms with Gasteiger partial charge in [-0.2, -0.15) is 18.3 Å². The molecule has 0 aliphatic heterocycles. The molecule has 0 saturated carbocycles. The number of ether oxygens (including phenoxy) is 1. The van der Waals surface area contributed by atoms with Crippen LogP contribution in [-0.4, -0.2) is 20.9 Å². The van der Waals surface area contributed by atoms with E-state index in [2.05, 4.69) is 5.10 Å². The number of nitrogens with zero attached hydrogens (tertiary/aromatic N) is 2. The SMILES string of the molecule is Cn1cc(Oc2ccc(C(F)(F)F)cc2C(=O)O)cn1. The first-order chi connectivity index (χ1) is 9.27. The summed E-state index contributed by atoms with van der Waals surface area (Å²) in [6.45, 7) is 0. The standard InChI is InChI=1S/C12H9F3N2O3/c1-17-6-8(5-16-17)20-10-3-2-7(12(13,14)15)4-9(10)11(18)19/h2-6H,1H3,(H,18,19). The van der Waals surface area contributed by atoms with Crippen LogP contribution in [0.3, 0.4) is 0 Å². The number of aryl methyl sites for hydroxylation is 1. The largest absolute Gasteiger partial charge is 0.478 e. The fourth-order valence-electron chi connectivity index (χ4n) is 1.54. The Morgan fingerprint density at radius 3 is 2.60 bits per heavy atom. The van der Waals surface area contributed by atoms with Crippen molar-refractivity contribution in [2.24, 2.45) is 7.05 Å². The van der Waals surface area contributed by atoms with Crippen molar-refractivity contribution in [3.8, 4) is 11.5 Å². The number of carboxylic acids is 1. The Balaban J connectivity index is 2.40. The van der Waals surface area contributed by atoms with Gasteiger partial charge in [0.15, 0.2) is 5.75 Å². The highest BCUT2D eigenvalue weighted by molar-refractivity contribution is 5.91. The number of benzene rings is 1. The van der Waals surface area contributed by atoms with Gasteiger partial charge in [-0.15, -0.1) is 0 Å². The Hall–Kier alpha value is -2.51. The molecule has 20 heavy (non-hydrogen) atoms. The molecule has 5 nitrogen and oxygen atoms in total. The quantitative estimate of drug-likeness (QED) is 0.942. The Kier molecular flexibility index (Phi) is 3.39. The van der Waals surface area contributed by atoms with Crippen molar-refractivity contribution in [1.29, 1.82) is 0 Å². The molecule has 0 fully saturated rings. The zero-order valence-electron chi connectivity index (χ0n) is 10.2.